The van der Waals surface area contributed by atoms with E-state index in [0.717, 1.165) is 16.8 Å². The number of primary amides is 1. The minimum absolute atomic E-state index is 0.0696. The number of ether oxygens (including phenoxy) is 1. The van der Waals surface area contributed by atoms with Gasteiger partial charge in [-0.1, -0.05) is 42.5 Å². The molecular weight excluding hydrogens is 240 g/mol. The topological polar surface area (TPSA) is 64.3 Å². The summed E-state index contributed by atoms with van der Waals surface area (Å²) in [6.07, 6.45) is 0. The molecule has 0 saturated carbocycles. The molecule has 0 spiro atoms. The number of hydrogen-bond donors (Lipinski definition) is 2. The number of nitrogens with one attached hydrogen (secondary N) is 1. The van der Waals surface area contributed by atoms with Crippen molar-refractivity contribution >= 4 is 11.6 Å². The van der Waals surface area contributed by atoms with Crippen LogP contribution >= 0.6 is 0 Å². The molecule has 0 aromatic heterocycles. The van der Waals surface area contributed by atoms with Gasteiger partial charge in [0.25, 0.3) is 0 Å². The lowest BCUT2D eigenvalue weighted by Gasteiger charge is -2.15. The minimum atomic E-state index is -0.412. The summed E-state index contributed by atoms with van der Waals surface area (Å²) in [6, 6.07) is 15.6. The van der Waals surface area contributed by atoms with Gasteiger partial charge in [0.05, 0.1) is 19.3 Å². The Labute approximate surface area is 112 Å². The first kappa shape index (κ1) is 13.0. The Bertz CT molecular complexity index is 568. The number of rotatable bonds is 5. The van der Waals surface area contributed by atoms with Gasteiger partial charge in [-0.2, -0.15) is 0 Å². The molecule has 0 aliphatic heterocycles. The molecular formula is C15H16N2O2. The summed E-state index contributed by atoms with van der Waals surface area (Å²) in [5.41, 5.74) is 7.97. The Hall–Kier alpha value is -2.49. The smallest absolute Gasteiger partial charge is 0.236 e. The fraction of sp³-hybridized carbons (Fsp3) is 0.133. The highest BCUT2D eigenvalue weighted by atomic mass is 16.5. The van der Waals surface area contributed by atoms with Crippen LogP contribution in [0, 0.1) is 0 Å². The fourth-order valence-corrected chi connectivity index (χ4v) is 1.92. The number of amides is 1. The van der Waals surface area contributed by atoms with Crippen molar-refractivity contribution in [3.63, 3.8) is 0 Å². The number of hydrogen-bond acceptors (Lipinski definition) is 3. The van der Waals surface area contributed by atoms with Crippen LogP contribution < -0.4 is 15.8 Å². The van der Waals surface area contributed by atoms with Crippen LogP contribution in [-0.2, 0) is 4.79 Å². The molecule has 0 unspecified atom stereocenters. The largest absolute Gasteiger partial charge is 0.495 e. The second kappa shape index (κ2) is 5.91. The van der Waals surface area contributed by atoms with E-state index < -0.39 is 5.91 Å². The zero-order valence-electron chi connectivity index (χ0n) is 10.7. The number of methoxy groups -OCH3 is 1. The lowest BCUT2D eigenvalue weighted by Crippen LogP contribution is -2.22. The third-order valence-electron chi connectivity index (χ3n) is 2.77. The van der Waals surface area contributed by atoms with Crippen molar-refractivity contribution in [1.29, 1.82) is 0 Å². The molecule has 4 nitrogen and oxygen atoms in total. The number of nitrogens with two attached hydrogens (primary N) is 1. The van der Waals surface area contributed by atoms with Crippen molar-refractivity contribution in [3.8, 4) is 16.9 Å². The van der Waals surface area contributed by atoms with Crippen molar-refractivity contribution < 1.29 is 9.53 Å². The first-order valence-corrected chi connectivity index (χ1v) is 5.97. The Morgan fingerprint density at radius 3 is 2.53 bits per heavy atom. The van der Waals surface area contributed by atoms with E-state index in [0.29, 0.717) is 5.75 Å². The number of anilines is 1. The number of carbonyl (C=O) groups is 1. The Morgan fingerprint density at radius 2 is 1.89 bits per heavy atom. The van der Waals surface area contributed by atoms with E-state index in [1.807, 2.05) is 48.5 Å². The summed E-state index contributed by atoms with van der Waals surface area (Å²) in [5.74, 6) is 0.271. The van der Waals surface area contributed by atoms with Crippen molar-refractivity contribution in [1.82, 2.24) is 0 Å². The molecule has 0 aliphatic rings. The highest BCUT2D eigenvalue weighted by Crippen LogP contribution is 2.35. The second-order valence-corrected chi connectivity index (χ2v) is 4.07. The summed E-state index contributed by atoms with van der Waals surface area (Å²) >= 11 is 0. The van der Waals surface area contributed by atoms with Crippen LogP contribution in [0.4, 0.5) is 5.69 Å². The van der Waals surface area contributed by atoms with E-state index in [4.69, 9.17) is 10.5 Å². The normalized spacial score (nSPS) is 9.95. The van der Waals surface area contributed by atoms with Gasteiger partial charge in [0, 0.05) is 5.56 Å². The Kier molecular flexibility index (Phi) is 4.03. The SMILES string of the molecule is COc1cccc(-c2ccccc2)c1NCC(N)=O. The zero-order chi connectivity index (χ0) is 13.7. The third-order valence-corrected chi connectivity index (χ3v) is 2.77. The molecule has 0 atom stereocenters. The van der Waals surface area contributed by atoms with Crippen LogP contribution in [0.2, 0.25) is 0 Å². The zero-order valence-corrected chi connectivity index (χ0v) is 10.7. The van der Waals surface area contributed by atoms with E-state index >= 15 is 0 Å². The molecule has 2 aromatic carbocycles. The molecule has 1 amide bonds. The van der Waals surface area contributed by atoms with Gasteiger partial charge in [-0.3, -0.25) is 4.79 Å². The predicted molar refractivity (Wildman–Crippen MR) is 76.1 cm³/mol. The molecule has 0 bridgehead atoms. The van der Waals surface area contributed by atoms with Gasteiger partial charge >= 0.3 is 0 Å². The van der Waals surface area contributed by atoms with E-state index in [-0.39, 0.29) is 6.54 Å². The van der Waals surface area contributed by atoms with Crippen molar-refractivity contribution in [3.05, 3.63) is 48.5 Å². The van der Waals surface area contributed by atoms with Gasteiger partial charge in [0.2, 0.25) is 5.91 Å². The standard InChI is InChI=1S/C15H16N2O2/c1-19-13-9-5-8-12(11-6-3-2-4-7-11)15(13)17-10-14(16)18/h2-9,17H,10H2,1H3,(H2,16,18). The highest BCUT2D eigenvalue weighted by molar-refractivity contribution is 5.86. The summed E-state index contributed by atoms with van der Waals surface area (Å²) in [6.45, 7) is 0.0696. The molecule has 4 heteroatoms. The molecule has 98 valence electrons. The maximum atomic E-state index is 10.9. The van der Waals surface area contributed by atoms with Gasteiger partial charge in [0.1, 0.15) is 5.75 Å². The predicted octanol–water partition coefficient (Wildman–Crippen LogP) is 2.26. The average Bonchev–Trinajstić information content (AvgIpc) is 2.45. The average molecular weight is 256 g/mol. The first-order valence-electron chi connectivity index (χ1n) is 5.97. The van der Waals surface area contributed by atoms with Gasteiger partial charge in [-0.05, 0) is 11.6 Å². The van der Waals surface area contributed by atoms with Crippen molar-refractivity contribution in [2.75, 3.05) is 19.0 Å². The van der Waals surface area contributed by atoms with E-state index in [1.165, 1.54) is 0 Å². The Balaban J connectivity index is 2.45. The molecule has 2 aromatic rings. The fourth-order valence-electron chi connectivity index (χ4n) is 1.92. The summed E-state index contributed by atoms with van der Waals surface area (Å²) in [4.78, 5) is 10.9. The van der Waals surface area contributed by atoms with Crippen LogP contribution in [0.15, 0.2) is 48.5 Å². The number of para-hydroxylation sites is 1. The summed E-state index contributed by atoms with van der Waals surface area (Å²) < 4.78 is 5.33. The van der Waals surface area contributed by atoms with Crippen LogP contribution in [0.3, 0.4) is 0 Å². The molecule has 0 radical (unpaired) electrons. The van der Waals surface area contributed by atoms with E-state index in [2.05, 4.69) is 5.32 Å². The van der Waals surface area contributed by atoms with Crippen LogP contribution in [0.25, 0.3) is 11.1 Å². The maximum Gasteiger partial charge on any atom is 0.236 e. The highest BCUT2D eigenvalue weighted by Gasteiger charge is 2.10. The molecule has 0 saturated heterocycles. The summed E-state index contributed by atoms with van der Waals surface area (Å²) in [5, 5.41) is 3.03. The quantitative estimate of drug-likeness (QED) is 0.862. The molecule has 0 heterocycles. The third kappa shape index (κ3) is 3.04. The lowest BCUT2D eigenvalue weighted by atomic mass is 10.0. The number of carbonyl (C=O) groups excluding carboxylic acids is 1. The maximum absolute atomic E-state index is 10.9. The van der Waals surface area contributed by atoms with Gasteiger partial charge in [-0.15, -0.1) is 0 Å². The minimum Gasteiger partial charge on any atom is -0.495 e. The molecule has 3 N–H and O–H groups in total. The molecule has 0 aliphatic carbocycles. The second-order valence-electron chi connectivity index (χ2n) is 4.07. The van der Waals surface area contributed by atoms with Crippen LogP contribution in [-0.4, -0.2) is 19.6 Å². The molecule has 2 rings (SSSR count). The van der Waals surface area contributed by atoms with Gasteiger partial charge in [0.15, 0.2) is 0 Å². The van der Waals surface area contributed by atoms with Gasteiger partial charge < -0.3 is 15.8 Å². The summed E-state index contributed by atoms with van der Waals surface area (Å²) in [7, 11) is 1.60. The van der Waals surface area contributed by atoms with Gasteiger partial charge in [-0.25, -0.2) is 0 Å². The van der Waals surface area contributed by atoms with Crippen molar-refractivity contribution in [2.24, 2.45) is 5.73 Å². The lowest BCUT2D eigenvalue weighted by molar-refractivity contribution is -0.116. The van der Waals surface area contributed by atoms with E-state index in [1.54, 1.807) is 7.11 Å². The Morgan fingerprint density at radius 1 is 1.16 bits per heavy atom. The van der Waals surface area contributed by atoms with Crippen LogP contribution in [0.5, 0.6) is 5.75 Å². The van der Waals surface area contributed by atoms with Crippen LogP contribution in [0.1, 0.15) is 0 Å². The monoisotopic (exact) mass is 256 g/mol. The first-order chi connectivity index (χ1) is 9.22. The van der Waals surface area contributed by atoms with E-state index in [9.17, 15) is 4.79 Å². The number of benzene rings is 2. The van der Waals surface area contributed by atoms with Crippen molar-refractivity contribution in [2.45, 2.75) is 0 Å². The molecule has 0 fully saturated rings. The molecule has 19 heavy (non-hydrogen) atoms.